The van der Waals surface area contributed by atoms with Gasteiger partial charge in [-0.2, -0.15) is 4.31 Å². The van der Waals surface area contributed by atoms with Crippen LogP contribution in [0.25, 0.3) is 0 Å². The fourth-order valence-corrected chi connectivity index (χ4v) is 5.02. The monoisotopic (exact) mass is 387 g/mol. The number of aryl methyl sites for hydroxylation is 1. The summed E-state index contributed by atoms with van der Waals surface area (Å²) < 4.78 is 40.9. The van der Waals surface area contributed by atoms with E-state index in [0.717, 1.165) is 11.1 Å². The van der Waals surface area contributed by atoms with Crippen LogP contribution < -0.4 is 0 Å². The van der Waals surface area contributed by atoms with E-state index in [1.54, 1.807) is 36.4 Å². The standard InChI is InChI=1S/C20H22FNO2SSi/c1-15-5-11-18(12-6-15)25(23,24)22-19(13-14-26(2,3)4)20(22)16-7-9-17(21)10-8-16/h5-12,19-20H,1-4H3/t19-,20+,22?/m1/s1. The number of sulfonamides is 1. The van der Waals surface area contributed by atoms with Crippen molar-refractivity contribution in [2.45, 2.75) is 43.5 Å². The highest BCUT2D eigenvalue weighted by atomic mass is 32.2. The summed E-state index contributed by atoms with van der Waals surface area (Å²) in [5.74, 6) is 2.82. The summed E-state index contributed by atoms with van der Waals surface area (Å²) in [6, 6.07) is 12.0. The van der Waals surface area contributed by atoms with E-state index in [1.807, 2.05) is 6.92 Å². The van der Waals surface area contributed by atoms with Gasteiger partial charge in [-0.1, -0.05) is 55.4 Å². The van der Waals surface area contributed by atoms with E-state index < -0.39 is 24.1 Å². The number of hydrogen-bond donors (Lipinski definition) is 0. The molecular weight excluding hydrogens is 365 g/mol. The lowest BCUT2D eigenvalue weighted by Crippen LogP contribution is -2.18. The molecule has 6 heteroatoms. The smallest absolute Gasteiger partial charge is 0.207 e. The van der Waals surface area contributed by atoms with Gasteiger partial charge in [0.2, 0.25) is 10.0 Å². The summed E-state index contributed by atoms with van der Waals surface area (Å²) >= 11 is 0. The van der Waals surface area contributed by atoms with Gasteiger partial charge in [-0.25, -0.2) is 12.8 Å². The van der Waals surface area contributed by atoms with Crippen molar-refractivity contribution in [3.63, 3.8) is 0 Å². The van der Waals surface area contributed by atoms with E-state index >= 15 is 0 Å². The Morgan fingerprint density at radius 3 is 2.12 bits per heavy atom. The molecule has 136 valence electrons. The second kappa shape index (κ2) is 6.65. The Balaban J connectivity index is 1.99. The lowest BCUT2D eigenvalue weighted by atomic mass is 10.1. The van der Waals surface area contributed by atoms with Crippen LogP contribution in [0, 0.1) is 24.2 Å². The minimum Gasteiger partial charge on any atom is -0.207 e. The van der Waals surface area contributed by atoms with Gasteiger partial charge >= 0.3 is 0 Å². The summed E-state index contributed by atoms with van der Waals surface area (Å²) in [7, 11) is -5.29. The predicted molar refractivity (Wildman–Crippen MR) is 104 cm³/mol. The van der Waals surface area contributed by atoms with Crippen molar-refractivity contribution in [1.29, 1.82) is 0 Å². The van der Waals surface area contributed by atoms with E-state index in [4.69, 9.17) is 0 Å². The maximum Gasteiger partial charge on any atom is 0.244 e. The first-order chi connectivity index (χ1) is 12.1. The molecule has 1 fully saturated rings. The van der Waals surface area contributed by atoms with Crippen molar-refractivity contribution in [1.82, 2.24) is 4.31 Å². The molecule has 26 heavy (non-hydrogen) atoms. The van der Waals surface area contributed by atoms with Gasteiger partial charge in [-0.05, 0) is 36.8 Å². The molecule has 0 saturated carbocycles. The van der Waals surface area contributed by atoms with Gasteiger partial charge in [-0.3, -0.25) is 0 Å². The molecule has 1 saturated heterocycles. The fourth-order valence-electron chi connectivity index (χ4n) is 2.76. The average molecular weight is 388 g/mol. The second-order valence-corrected chi connectivity index (χ2v) is 14.2. The van der Waals surface area contributed by atoms with Crippen molar-refractivity contribution in [3.8, 4) is 11.5 Å². The van der Waals surface area contributed by atoms with Crippen LogP contribution in [-0.4, -0.2) is 26.8 Å². The van der Waals surface area contributed by atoms with Gasteiger partial charge in [0.15, 0.2) is 0 Å². The Morgan fingerprint density at radius 2 is 1.58 bits per heavy atom. The highest BCUT2D eigenvalue weighted by Crippen LogP contribution is 2.47. The third-order valence-corrected chi connectivity index (χ3v) is 6.93. The first-order valence-electron chi connectivity index (χ1n) is 8.48. The number of benzene rings is 2. The average Bonchev–Trinajstić information content (AvgIpc) is 3.29. The molecule has 1 aliphatic heterocycles. The van der Waals surface area contributed by atoms with Crippen molar-refractivity contribution in [2.75, 3.05) is 0 Å². The summed E-state index contributed by atoms with van der Waals surface area (Å²) in [6.45, 7) is 8.27. The molecule has 3 atom stereocenters. The molecule has 0 amide bonds. The van der Waals surface area contributed by atoms with Crippen LogP contribution in [0.3, 0.4) is 0 Å². The minimum atomic E-state index is -3.65. The molecule has 0 spiro atoms. The Hall–Kier alpha value is -1.94. The topological polar surface area (TPSA) is 37.1 Å². The maximum absolute atomic E-state index is 13.3. The second-order valence-electron chi connectivity index (χ2n) is 7.61. The highest BCUT2D eigenvalue weighted by Gasteiger charge is 2.55. The molecule has 2 aromatic carbocycles. The SMILES string of the molecule is Cc1ccc(S(=O)(=O)N2[C@H](C#C[Si](C)(C)C)[C@@H]2c2ccc(F)cc2)cc1. The van der Waals surface area contributed by atoms with Crippen LogP contribution in [0.4, 0.5) is 4.39 Å². The van der Waals surface area contributed by atoms with Crippen LogP contribution in [-0.2, 0) is 10.0 Å². The molecule has 1 unspecified atom stereocenters. The first-order valence-corrected chi connectivity index (χ1v) is 13.4. The number of rotatable bonds is 3. The fraction of sp³-hybridized carbons (Fsp3) is 0.300. The Morgan fingerprint density at radius 1 is 1.00 bits per heavy atom. The molecule has 0 bridgehead atoms. The van der Waals surface area contributed by atoms with Gasteiger partial charge in [0.1, 0.15) is 19.9 Å². The molecule has 1 aliphatic rings. The quantitative estimate of drug-likeness (QED) is 0.451. The van der Waals surface area contributed by atoms with Crippen LogP contribution in [0.5, 0.6) is 0 Å². The normalized spacial score (nSPS) is 22.4. The van der Waals surface area contributed by atoms with E-state index in [1.165, 1.54) is 16.4 Å². The molecule has 2 aromatic rings. The zero-order chi connectivity index (χ0) is 19.1. The largest absolute Gasteiger partial charge is 0.244 e. The van der Waals surface area contributed by atoms with Crippen LogP contribution >= 0.6 is 0 Å². The van der Waals surface area contributed by atoms with Crippen LogP contribution in [0.15, 0.2) is 53.4 Å². The van der Waals surface area contributed by atoms with E-state index in [2.05, 4.69) is 31.1 Å². The van der Waals surface area contributed by atoms with Crippen molar-refractivity contribution >= 4 is 18.1 Å². The molecule has 0 aliphatic carbocycles. The predicted octanol–water partition coefficient (Wildman–Crippen LogP) is 4.13. The zero-order valence-electron chi connectivity index (χ0n) is 15.3. The van der Waals surface area contributed by atoms with E-state index in [-0.39, 0.29) is 16.8 Å². The van der Waals surface area contributed by atoms with Gasteiger partial charge in [0, 0.05) is 0 Å². The first kappa shape index (κ1) is 18.8. The highest BCUT2D eigenvalue weighted by molar-refractivity contribution is 7.89. The van der Waals surface area contributed by atoms with Crippen molar-refractivity contribution in [3.05, 3.63) is 65.5 Å². The molecule has 0 radical (unpaired) electrons. The molecule has 3 rings (SSSR count). The third kappa shape index (κ3) is 3.90. The number of nitrogens with zero attached hydrogens (tertiary/aromatic N) is 1. The molecule has 0 N–H and O–H groups in total. The minimum absolute atomic E-state index is 0.257. The van der Waals surface area contributed by atoms with Gasteiger partial charge in [0.05, 0.1) is 10.9 Å². The summed E-state index contributed by atoms with van der Waals surface area (Å²) in [5.41, 5.74) is 5.03. The Labute approximate surface area is 155 Å². The van der Waals surface area contributed by atoms with Gasteiger partial charge in [0.25, 0.3) is 0 Å². The molecular formula is C20H22FNO2SSi. The Bertz CT molecular complexity index is 968. The maximum atomic E-state index is 13.3. The van der Waals surface area contributed by atoms with Gasteiger partial charge < -0.3 is 0 Å². The molecule has 0 aromatic heterocycles. The molecule has 3 nitrogen and oxygen atoms in total. The number of halogens is 1. The Kier molecular flexibility index (Phi) is 4.82. The van der Waals surface area contributed by atoms with Crippen molar-refractivity contribution in [2.24, 2.45) is 0 Å². The summed E-state index contributed by atoms with van der Waals surface area (Å²) in [4.78, 5) is 0.257. The van der Waals surface area contributed by atoms with Crippen LogP contribution in [0.2, 0.25) is 19.6 Å². The summed E-state index contributed by atoms with van der Waals surface area (Å²) in [6.07, 6.45) is 0. The van der Waals surface area contributed by atoms with Crippen molar-refractivity contribution < 1.29 is 12.8 Å². The van der Waals surface area contributed by atoms with E-state index in [9.17, 15) is 12.8 Å². The van der Waals surface area contributed by atoms with E-state index in [0.29, 0.717) is 0 Å². The lowest BCUT2D eigenvalue weighted by Gasteiger charge is -2.07. The molecule has 1 heterocycles. The zero-order valence-corrected chi connectivity index (χ0v) is 17.1. The van der Waals surface area contributed by atoms with Crippen LogP contribution in [0.1, 0.15) is 17.2 Å². The lowest BCUT2D eigenvalue weighted by molar-refractivity contribution is 0.551. The third-order valence-electron chi connectivity index (χ3n) is 4.16. The van der Waals surface area contributed by atoms with Gasteiger partial charge in [-0.15, -0.1) is 5.54 Å². The summed E-state index contributed by atoms with van der Waals surface area (Å²) in [5, 5.41) is 0. The number of hydrogen-bond acceptors (Lipinski definition) is 2.